The highest BCUT2D eigenvalue weighted by atomic mass is 16.2. The van der Waals surface area contributed by atoms with E-state index in [0.29, 0.717) is 11.3 Å². The van der Waals surface area contributed by atoms with Crippen molar-refractivity contribution in [2.45, 2.75) is 0 Å². The summed E-state index contributed by atoms with van der Waals surface area (Å²) in [5, 5.41) is 19.3. The van der Waals surface area contributed by atoms with Gasteiger partial charge in [0.15, 0.2) is 0 Å². The second-order valence-corrected chi connectivity index (χ2v) is 4.26. The number of hydrogen-bond acceptors (Lipinski definition) is 4. The van der Waals surface area contributed by atoms with Crippen molar-refractivity contribution in [1.29, 1.82) is 10.5 Å². The van der Waals surface area contributed by atoms with E-state index in [1.54, 1.807) is 12.1 Å². The highest BCUT2D eigenvalue weighted by molar-refractivity contribution is 6.04. The van der Waals surface area contributed by atoms with Crippen LogP contribution in [0, 0.1) is 22.7 Å². The lowest BCUT2D eigenvalue weighted by Crippen LogP contribution is -2.32. The number of fused-ring (bicyclic) bond motifs is 1. The van der Waals surface area contributed by atoms with Crippen LogP contribution in [0.5, 0.6) is 0 Å². The van der Waals surface area contributed by atoms with Gasteiger partial charge in [-0.25, -0.2) is 0 Å². The summed E-state index contributed by atoms with van der Waals surface area (Å²) in [5.41, 5.74) is 6.56. The molecule has 0 saturated carbocycles. The van der Waals surface area contributed by atoms with Crippen molar-refractivity contribution < 1.29 is 4.79 Å². The molecule has 98 valence electrons. The lowest BCUT2D eigenvalue weighted by molar-refractivity contribution is 0.0796. The van der Waals surface area contributed by atoms with E-state index >= 15 is 0 Å². The molecule has 2 N–H and O–H groups in total. The Balaban J connectivity index is 2.46. The molecular weight excluding hydrogens is 252 g/mol. The summed E-state index contributed by atoms with van der Waals surface area (Å²) in [5.74, 6) is -0.406. The van der Waals surface area contributed by atoms with Crippen molar-refractivity contribution >= 4 is 22.4 Å². The SMILES string of the molecule is N#CCN(CC#N)C(=O)c1cc2ccccc2cc1N. The predicted molar refractivity (Wildman–Crippen MR) is 75.5 cm³/mol. The molecule has 0 radical (unpaired) electrons. The van der Waals surface area contributed by atoms with Crippen molar-refractivity contribution in [3.63, 3.8) is 0 Å². The highest BCUT2D eigenvalue weighted by Crippen LogP contribution is 2.23. The normalized spacial score (nSPS) is 9.70. The first-order chi connectivity index (χ1) is 9.67. The highest BCUT2D eigenvalue weighted by Gasteiger charge is 2.18. The molecule has 0 bridgehead atoms. The molecule has 0 aliphatic carbocycles. The molecule has 0 unspecified atom stereocenters. The van der Waals surface area contributed by atoms with Crippen LogP contribution in [-0.2, 0) is 0 Å². The van der Waals surface area contributed by atoms with Crippen LogP contribution >= 0.6 is 0 Å². The largest absolute Gasteiger partial charge is 0.398 e. The van der Waals surface area contributed by atoms with Crippen molar-refractivity contribution in [2.24, 2.45) is 0 Å². The van der Waals surface area contributed by atoms with Crippen LogP contribution in [0.1, 0.15) is 10.4 Å². The Labute approximate surface area is 116 Å². The lowest BCUT2D eigenvalue weighted by atomic mass is 10.0. The van der Waals surface area contributed by atoms with Crippen LogP contribution in [0.2, 0.25) is 0 Å². The lowest BCUT2D eigenvalue weighted by Gasteiger charge is -2.17. The van der Waals surface area contributed by atoms with Crippen LogP contribution in [0.4, 0.5) is 5.69 Å². The first kappa shape index (κ1) is 13.4. The molecule has 20 heavy (non-hydrogen) atoms. The molecule has 2 aromatic carbocycles. The third kappa shape index (κ3) is 2.52. The maximum Gasteiger partial charge on any atom is 0.257 e. The fourth-order valence-corrected chi connectivity index (χ4v) is 1.98. The maximum absolute atomic E-state index is 12.3. The number of nitriles is 2. The van der Waals surface area contributed by atoms with E-state index in [-0.39, 0.29) is 13.1 Å². The van der Waals surface area contributed by atoms with E-state index < -0.39 is 5.91 Å². The van der Waals surface area contributed by atoms with Gasteiger partial charge in [-0.15, -0.1) is 0 Å². The zero-order valence-corrected chi connectivity index (χ0v) is 10.7. The number of carbonyl (C=O) groups is 1. The van der Waals surface area contributed by atoms with Gasteiger partial charge in [0.2, 0.25) is 0 Å². The number of benzene rings is 2. The van der Waals surface area contributed by atoms with Crippen LogP contribution < -0.4 is 5.73 Å². The number of carbonyl (C=O) groups excluding carboxylic acids is 1. The third-order valence-corrected chi connectivity index (χ3v) is 2.96. The molecule has 2 aromatic rings. The molecule has 0 atom stereocenters. The van der Waals surface area contributed by atoms with Gasteiger partial charge >= 0.3 is 0 Å². The van der Waals surface area contributed by atoms with E-state index in [2.05, 4.69) is 0 Å². The summed E-state index contributed by atoms with van der Waals surface area (Å²) in [4.78, 5) is 13.5. The molecule has 0 spiro atoms. The monoisotopic (exact) mass is 264 g/mol. The number of rotatable bonds is 3. The Morgan fingerprint density at radius 3 is 2.20 bits per heavy atom. The van der Waals surface area contributed by atoms with Crippen LogP contribution in [0.3, 0.4) is 0 Å². The molecule has 0 aromatic heterocycles. The van der Waals surface area contributed by atoms with Crippen LogP contribution in [0.25, 0.3) is 10.8 Å². The number of nitrogen functional groups attached to an aromatic ring is 1. The average Bonchev–Trinajstić information content (AvgIpc) is 2.45. The number of anilines is 1. The smallest absolute Gasteiger partial charge is 0.257 e. The summed E-state index contributed by atoms with van der Waals surface area (Å²) in [6.07, 6.45) is 0. The molecule has 5 heteroatoms. The fraction of sp³-hybridized carbons (Fsp3) is 0.133. The number of hydrogen-bond donors (Lipinski definition) is 1. The number of nitrogens with zero attached hydrogens (tertiary/aromatic N) is 3. The summed E-state index contributed by atoms with van der Waals surface area (Å²) >= 11 is 0. The second kappa shape index (κ2) is 5.73. The van der Waals surface area contributed by atoms with Crippen LogP contribution in [0.15, 0.2) is 36.4 Å². The Bertz CT molecular complexity index is 724. The van der Waals surface area contributed by atoms with Gasteiger partial charge < -0.3 is 10.6 Å². The first-order valence-electron chi connectivity index (χ1n) is 5.99. The van der Waals surface area contributed by atoms with E-state index in [1.807, 2.05) is 36.4 Å². The van der Waals surface area contributed by atoms with Gasteiger partial charge in [-0.3, -0.25) is 4.79 Å². The Hall–Kier alpha value is -3.05. The minimum absolute atomic E-state index is 0.140. The zero-order chi connectivity index (χ0) is 14.5. The van der Waals surface area contributed by atoms with Crippen molar-refractivity contribution in [3.8, 4) is 12.1 Å². The molecule has 1 amide bonds. The van der Waals surface area contributed by atoms with Gasteiger partial charge in [0.25, 0.3) is 5.91 Å². The van der Waals surface area contributed by atoms with Gasteiger partial charge in [0, 0.05) is 5.69 Å². The topological polar surface area (TPSA) is 93.9 Å². The molecule has 0 aliphatic rings. The third-order valence-electron chi connectivity index (χ3n) is 2.96. The van der Waals surface area contributed by atoms with Gasteiger partial charge in [0.05, 0.1) is 17.7 Å². The summed E-state index contributed by atoms with van der Waals surface area (Å²) < 4.78 is 0. The number of nitrogens with two attached hydrogens (primary N) is 1. The van der Waals surface area contributed by atoms with Crippen molar-refractivity contribution in [3.05, 3.63) is 42.0 Å². The van der Waals surface area contributed by atoms with Gasteiger partial charge in [-0.1, -0.05) is 24.3 Å². The van der Waals surface area contributed by atoms with E-state index in [1.165, 1.54) is 4.90 Å². The maximum atomic E-state index is 12.3. The van der Waals surface area contributed by atoms with Crippen molar-refractivity contribution in [2.75, 3.05) is 18.8 Å². The van der Waals surface area contributed by atoms with Crippen molar-refractivity contribution in [1.82, 2.24) is 4.90 Å². The van der Waals surface area contributed by atoms with E-state index in [0.717, 1.165) is 10.8 Å². The summed E-state index contributed by atoms with van der Waals surface area (Å²) in [6, 6.07) is 14.7. The molecule has 5 nitrogen and oxygen atoms in total. The zero-order valence-electron chi connectivity index (χ0n) is 10.7. The fourth-order valence-electron chi connectivity index (χ4n) is 1.98. The summed E-state index contributed by atoms with van der Waals surface area (Å²) in [7, 11) is 0. The molecule has 2 rings (SSSR count). The molecule has 0 aliphatic heterocycles. The standard InChI is InChI=1S/C15H12N4O/c16-5-7-19(8-6-17)15(20)13-9-11-3-1-2-4-12(11)10-14(13)18/h1-4,9-10H,7-8,18H2. The average molecular weight is 264 g/mol. The Morgan fingerprint density at radius 1 is 1.10 bits per heavy atom. The van der Waals surface area contributed by atoms with Gasteiger partial charge in [-0.2, -0.15) is 10.5 Å². The van der Waals surface area contributed by atoms with Crippen LogP contribution in [-0.4, -0.2) is 23.9 Å². The quantitative estimate of drug-likeness (QED) is 0.676. The van der Waals surface area contributed by atoms with E-state index in [4.69, 9.17) is 16.3 Å². The Morgan fingerprint density at radius 2 is 1.65 bits per heavy atom. The molecule has 0 saturated heterocycles. The van der Waals surface area contributed by atoms with E-state index in [9.17, 15) is 4.79 Å². The molecule has 0 fully saturated rings. The van der Waals surface area contributed by atoms with Gasteiger partial charge in [0.1, 0.15) is 13.1 Å². The molecule has 0 heterocycles. The van der Waals surface area contributed by atoms with Gasteiger partial charge in [-0.05, 0) is 22.9 Å². The molecular formula is C15H12N4O. The number of amides is 1. The predicted octanol–water partition coefficient (Wildman–Crippen LogP) is 1.91. The Kier molecular flexibility index (Phi) is 3.83. The minimum Gasteiger partial charge on any atom is -0.398 e. The minimum atomic E-state index is -0.406. The second-order valence-electron chi connectivity index (χ2n) is 4.26. The summed E-state index contributed by atoms with van der Waals surface area (Å²) in [6.45, 7) is -0.280. The first-order valence-corrected chi connectivity index (χ1v) is 5.99.